The van der Waals surface area contributed by atoms with Crippen molar-refractivity contribution in [2.75, 3.05) is 18.2 Å². The highest BCUT2D eigenvalue weighted by molar-refractivity contribution is 7.98. The van der Waals surface area contributed by atoms with Gasteiger partial charge in [0.05, 0.1) is 10.7 Å². The van der Waals surface area contributed by atoms with Crippen molar-refractivity contribution in [2.24, 2.45) is 0 Å². The number of ether oxygens (including phenoxy) is 2. The number of hydrogen-bond acceptors (Lipinski definition) is 6. The SMILES string of the molecule is CSc1ccc(C(=O)COC(=O)C(C)Oc2ccc(Cl)cc2Cl)cc1NC(C)=O. The molecule has 0 aromatic heterocycles. The first-order valence-corrected chi connectivity index (χ1v) is 10.5. The molecule has 2 aromatic rings. The molecular weight excluding hydrogens is 437 g/mol. The van der Waals surface area contributed by atoms with Crippen LogP contribution in [0.5, 0.6) is 5.75 Å². The van der Waals surface area contributed by atoms with Crippen LogP contribution in [0, 0.1) is 0 Å². The molecule has 0 saturated carbocycles. The van der Waals surface area contributed by atoms with E-state index in [0.29, 0.717) is 16.3 Å². The highest BCUT2D eigenvalue weighted by Gasteiger charge is 2.20. The van der Waals surface area contributed by atoms with Crippen LogP contribution in [0.25, 0.3) is 0 Å². The van der Waals surface area contributed by atoms with Crippen molar-refractivity contribution in [2.45, 2.75) is 24.8 Å². The molecule has 0 bridgehead atoms. The van der Waals surface area contributed by atoms with Crippen molar-refractivity contribution in [1.29, 1.82) is 0 Å². The van der Waals surface area contributed by atoms with E-state index < -0.39 is 24.5 Å². The maximum atomic E-state index is 12.4. The first-order chi connectivity index (χ1) is 13.7. The molecule has 2 aromatic carbocycles. The lowest BCUT2D eigenvalue weighted by molar-refractivity contribution is -0.149. The Morgan fingerprint density at radius 3 is 2.48 bits per heavy atom. The standard InChI is InChI=1S/C20H19Cl2NO5S/c1-11(28-18-6-5-14(21)9-15(18)22)20(26)27-10-17(25)13-4-7-19(29-3)16(8-13)23-12(2)24/h4-9,11H,10H2,1-3H3,(H,23,24). The number of anilines is 1. The summed E-state index contributed by atoms with van der Waals surface area (Å²) in [6.45, 7) is 2.41. The molecule has 0 spiro atoms. The van der Waals surface area contributed by atoms with Gasteiger partial charge in [0.2, 0.25) is 5.91 Å². The van der Waals surface area contributed by atoms with Gasteiger partial charge >= 0.3 is 5.97 Å². The number of Topliss-reactive ketones (excluding diaryl/α,β-unsaturated/α-hetero) is 1. The predicted molar refractivity (Wildman–Crippen MR) is 114 cm³/mol. The summed E-state index contributed by atoms with van der Waals surface area (Å²) in [5.74, 6) is -1.09. The maximum absolute atomic E-state index is 12.4. The minimum Gasteiger partial charge on any atom is -0.477 e. The molecule has 9 heteroatoms. The van der Waals surface area contributed by atoms with E-state index in [4.69, 9.17) is 32.7 Å². The summed E-state index contributed by atoms with van der Waals surface area (Å²) in [5, 5.41) is 3.37. The van der Waals surface area contributed by atoms with Crippen LogP contribution < -0.4 is 10.1 Å². The highest BCUT2D eigenvalue weighted by atomic mass is 35.5. The molecule has 6 nitrogen and oxygen atoms in total. The van der Waals surface area contributed by atoms with Gasteiger partial charge in [-0.25, -0.2) is 4.79 Å². The average Bonchev–Trinajstić information content (AvgIpc) is 2.67. The minimum absolute atomic E-state index is 0.247. The molecule has 1 unspecified atom stereocenters. The number of esters is 1. The number of halogens is 2. The number of carbonyl (C=O) groups excluding carboxylic acids is 3. The summed E-state index contributed by atoms with van der Waals surface area (Å²) in [4.78, 5) is 36.7. The number of thioether (sulfide) groups is 1. The summed E-state index contributed by atoms with van der Waals surface area (Å²) in [6, 6.07) is 9.49. The fourth-order valence-electron chi connectivity index (χ4n) is 2.32. The van der Waals surface area contributed by atoms with Gasteiger partial charge in [-0.15, -0.1) is 11.8 Å². The lowest BCUT2D eigenvalue weighted by atomic mass is 10.1. The van der Waals surface area contributed by atoms with Crippen LogP contribution >= 0.6 is 35.0 Å². The number of ketones is 1. The molecule has 2 rings (SSSR count). The van der Waals surface area contributed by atoms with Crippen molar-refractivity contribution < 1.29 is 23.9 Å². The molecule has 0 heterocycles. The Morgan fingerprint density at radius 1 is 1.14 bits per heavy atom. The zero-order valence-corrected chi connectivity index (χ0v) is 18.3. The van der Waals surface area contributed by atoms with Gasteiger partial charge in [-0.05, 0) is 43.5 Å². The first-order valence-electron chi connectivity index (χ1n) is 8.48. The third kappa shape index (κ3) is 6.66. The third-order valence-electron chi connectivity index (χ3n) is 3.71. The molecule has 0 aliphatic heterocycles. The number of nitrogens with one attached hydrogen (secondary N) is 1. The van der Waals surface area contributed by atoms with Crippen molar-refractivity contribution >= 4 is 58.3 Å². The lowest BCUT2D eigenvalue weighted by Gasteiger charge is -2.15. The van der Waals surface area contributed by atoms with Crippen LogP contribution in [-0.2, 0) is 14.3 Å². The molecule has 0 fully saturated rings. The van der Waals surface area contributed by atoms with E-state index in [9.17, 15) is 14.4 Å². The van der Waals surface area contributed by atoms with Gasteiger partial charge in [-0.1, -0.05) is 29.3 Å². The molecule has 1 atom stereocenters. The van der Waals surface area contributed by atoms with E-state index in [-0.39, 0.29) is 16.7 Å². The quantitative estimate of drug-likeness (QED) is 0.347. The van der Waals surface area contributed by atoms with Crippen molar-refractivity contribution in [3.05, 3.63) is 52.0 Å². The lowest BCUT2D eigenvalue weighted by Crippen LogP contribution is -2.28. The summed E-state index contributed by atoms with van der Waals surface area (Å²) >= 11 is 13.3. The Balaban J connectivity index is 1.98. The van der Waals surface area contributed by atoms with Crippen LogP contribution in [0.15, 0.2) is 41.3 Å². The number of hydrogen-bond donors (Lipinski definition) is 1. The largest absolute Gasteiger partial charge is 0.477 e. The average molecular weight is 456 g/mol. The van der Waals surface area contributed by atoms with Gasteiger partial charge in [0, 0.05) is 22.4 Å². The molecule has 29 heavy (non-hydrogen) atoms. The molecule has 154 valence electrons. The number of amides is 1. The Bertz CT molecular complexity index is 935. The second-order valence-electron chi connectivity index (χ2n) is 5.96. The molecule has 0 saturated heterocycles. The monoisotopic (exact) mass is 455 g/mol. The number of rotatable bonds is 8. The third-order valence-corrected chi connectivity index (χ3v) is 5.03. The number of carbonyl (C=O) groups is 3. The molecular formula is C20H19Cl2NO5S. The van der Waals surface area contributed by atoms with E-state index in [1.165, 1.54) is 37.7 Å². The maximum Gasteiger partial charge on any atom is 0.347 e. The first kappa shape index (κ1) is 23.1. The normalized spacial score (nSPS) is 11.5. The summed E-state index contributed by atoms with van der Waals surface area (Å²) in [5.41, 5.74) is 0.838. The molecule has 0 aliphatic rings. The van der Waals surface area contributed by atoms with Crippen LogP contribution in [0.3, 0.4) is 0 Å². The molecule has 1 N–H and O–H groups in total. The topological polar surface area (TPSA) is 81.7 Å². The zero-order chi connectivity index (χ0) is 21.6. The van der Waals surface area contributed by atoms with Crippen molar-refractivity contribution in [1.82, 2.24) is 0 Å². The van der Waals surface area contributed by atoms with E-state index in [0.717, 1.165) is 4.90 Å². The number of benzene rings is 2. The molecule has 1 amide bonds. The fourth-order valence-corrected chi connectivity index (χ4v) is 3.30. The second kappa shape index (κ2) is 10.5. The van der Waals surface area contributed by atoms with Gasteiger partial charge in [-0.2, -0.15) is 0 Å². The van der Waals surface area contributed by atoms with Gasteiger partial charge in [0.15, 0.2) is 18.5 Å². The Labute approximate surface area is 182 Å². The van der Waals surface area contributed by atoms with Gasteiger partial charge in [0.1, 0.15) is 5.75 Å². The smallest absolute Gasteiger partial charge is 0.347 e. The Morgan fingerprint density at radius 2 is 1.86 bits per heavy atom. The highest BCUT2D eigenvalue weighted by Crippen LogP contribution is 2.29. The van der Waals surface area contributed by atoms with Crippen LogP contribution in [-0.4, -0.2) is 36.6 Å². The summed E-state index contributed by atoms with van der Waals surface area (Å²) < 4.78 is 10.5. The van der Waals surface area contributed by atoms with Gasteiger partial charge < -0.3 is 14.8 Å². The van der Waals surface area contributed by atoms with E-state index in [2.05, 4.69) is 5.32 Å². The predicted octanol–water partition coefficient (Wildman–Crippen LogP) is 4.87. The second-order valence-corrected chi connectivity index (χ2v) is 7.65. The van der Waals surface area contributed by atoms with Gasteiger partial charge in [0.25, 0.3) is 0 Å². The molecule has 0 radical (unpaired) electrons. The fraction of sp³-hybridized carbons (Fsp3) is 0.250. The van der Waals surface area contributed by atoms with E-state index in [1.54, 1.807) is 24.3 Å². The van der Waals surface area contributed by atoms with Crippen LogP contribution in [0.2, 0.25) is 10.0 Å². The Kier molecular flexibility index (Phi) is 8.37. The zero-order valence-electron chi connectivity index (χ0n) is 16.0. The Hall–Kier alpha value is -2.22. The van der Waals surface area contributed by atoms with Gasteiger partial charge in [-0.3, -0.25) is 9.59 Å². The summed E-state index contributed by atoms with van der Waals surface area (Å²) in [7, 11) is 0. The minimum atomic E-state index is -0.977. The van der Waals surface area contributed by atoms with Crippen molar-refractivity contribution in [3.8, 4) is 5.75 Å². The van der Waals surface area contributed by atoms with E-state index in [1.807, 2.05) is 6.26 Å². The van der Waals surface area contributed by atoms with E-state index >= 15 is 0 Å². The summed E-state index contributed by atoms with van der Waals surface area (Å²) in [6.07, 6.45) is 0.883. The van der Waals surface area contributed by atoms with Crippen LogP contribution in [0.1, 0.15) is 24.2 Å². The van der Waals surface area contributed by atoms with Crippen LogP contribution in [0.4, 0.5) is 5.69 Å². The molecule has 0 aliphatic carbocycles. The van der Waals surface area contributed by atoms with Crippen molar-refractivity contribution in [3.63, 3.8) is 0 Å².